The number of ether oxygens (including phenoxy) is 1. The third kappa shape index (κ3) is 3.46. The van der Waals surface area contributed by atoms with Gasteiger partial charge in [0.25, 0.3) is 0 Å². The van der Waals surface area contributed by atoms with Gasteiger partial charge in [-0.15, -0.1) is 0 Å². The molecule has 2 unspecified atom stereocenters. The second kappa shape index (κ2) is 5.90. The number of nitrogens with two attached hydrogens (primary N) is 1. The molecule has 1 saturated carbocycles. The van der Waals surface area contributed by atoms with Gasteiger partial charge in [-0.2, -0.15) is 0 Å². The molecule has 1 fully saturated rings. The van der Waals surface area contributed by atoms with E-state index in [9.17, 15) is 8.42 Å². The highest BCUT2D eigenvalue weighted by atomic mass is 32.2. The summed E-state index contributed by atoms with van der Waals surface area (Å²) in [6, 6.07) is 6.45. The van der Waals surface area contributed by atoms with Crippen molar-refractivity contribution in [3.63, 3.8) is 0 Å². The first-order valence-electron chi connectivity index (χ1n) is 6.42. The summed E-state index contributed by atoms with van der Waals surface area (Å²) < 4.78 is 31.8. The minimum Gasteiger partial charge on any atom is -0.497 e. The quantitative estimate of drug-likeness (QED) is 0.848. The predicted octanol–water partition coefficient (Wildman–Crippen LogP) is 1.10. The van der Waals surface area contributed by atoms with Gasteiger partial charge in [-0.25, -0.2) is 13.1 Å². The zero-order valence-electron chi connectivity index (χ0n) is 11.0. The van der Waals surface area contributed by atoms with Crippen molar-refractivity contribution in [1.82, 2.24) is 4.72 Å². The minimum atomic E-state index is -3.46. The fourth-order valence-corrected chi connectivity index (χ4v) is 3.47. The van der Waals surface area contributed by atoms with E-state index in [0.29, 0.717) is 12.3 Å². The second-order valence-electron chi connectivity index (χ2n) is 4.88. The van der Waals surface area contributed by atoms with Crippen molar-refractivity contribution in [2.45, 2.75) is 30.2 Å². The second-order valence-corrected chi connectivity index (χ2v) is 6.65. The Bertz CT molecular complexity index is 513. The van der Waals surface area contributed by atoms with Crippen LogP contribution in [-0.4, -0.2) is 28.1 Å². The fourth-order valence-electron chi connectivity index (χ4n) is 2.37. The van der Waals surface area contributed by atoms with Crippen molar-refractivity contribution in [3.8, 4) is 5.75 Å². The van der Waals surface area contributed by atoms with Gasteiger partial charge in [0, 0.05) is 12.6 Å². The summed E-state index contributed by atoms with van der Waals surface area (Å²) in [6.45, 7) is 0.412. The van der Waals surface area contributed by atoms with Crippen LogP contribution in [0.25, 0.3) is 0 Å². The first-order valence-corrected chi connectivity index (χ1v) is 7.90. The molecule has 0 aromatic heterocycles. The number of methoxy groups -OCH3 is 1. The molecule has 19 heavy (non-hydrogen) atoms. The lowest BCUT2D eigenvalue weighted by atomic mass is 10.1. The smallest absolute Gasteiger partial charge is 0.240 e. The van der Waals surface area contributed by atoms with Gasteiger partial charge in [0.05, 0.1) is 12.0 Å². The van der Waals surface area contributed by atoms with Crippen LogP contribution in [-0.2, 0) is 10.0 Å². The molecule has 0 radical (unpaired) electrons. The maximum atomic E-state index is 12.1. The Kier molecular flexibility index (Phi) is 4.44. The largest absolute Gasteiger partial charge is 0.497 e. The van der Waals surface area contributed by atoms with Crippen LogP contribution in [0.4, 0.5) is 0 Å². The third-order valence-electron chi connectivity index (χ3n) is 3.62. The summed E-state index contributed by atoms with van der Waals surface area (Å²) in [5, 5.41) is 0. The number of hydrogen-bond donors (Lipinski definition) is 2. The van der Waals surface area contributed by atoms with Gasteiger partial charge >= 0.3 is 0 Å². The number of benzene rings is 1. The monoisotopic (exact) mass is 284 g/mol. The Hall–Kier alpha value is -1.11. The Morgan fingerprint density at radius 3 is 2.53 bits per heavy atom. The molecule has 106 valence electrons. The van der Waals surface area contributed by atoms with Gasteiger partial charge in [0.1, 0.15) is 5.75 Å². The van der Waals surface area contributed by atoms with E-state index < -0.39 is 10.0 Å². The topological polar surface area (TPSA) is 81.4 Å². The first-order chi connectivity index (χ1) is 9.03. The molecule has 2 rings (SSSR count). The normalized spacial score (nSPS) is 23.5. The lowest BCUT2D eigenvalue weighted by molar-refractivity contribution is 0.414. The van der Waals surface area contributed by atoms with Crippen molar-refractivity contribution >= 4 is 10.0 Å². The van der Waals surface area contributed by atoms with Crippen molar-refractivity contribution in [2.24, 2.45) is 11.7 Å². The number of hydrogen-bond acceptors (Lipinski definition) is 4. The molecule has 0 saturated heterocycles. The molecule has 0 heterocycles. The molecule has 3 N–H and O–H groups in total. The maximum absolute atomic E-state index is 12.1. The summed E-state index contributed by atoms with van der Waals surface area (Å²) >= 11 is 0. The standard InChI is InChI=1S/C13H20N2O3S/c1-18-11-5-7-12(8-6-11)19(16,17)15-9-10-3-2-4-13(10)14/h5-8,10,13,15H,2-4,9,14H2,1H3. The first kappa shape index (κ1) is 14.3. The summed E-state index contributed by atoms with van der Waals surface area (Å²) in [5.74, 6) is 0.879. The van der Waals surface area contributed by atoms with E-state index in [1.165, 1.54) is 12.1 Å². The van der Waals surface area contributed by atoms with Crippen LogP contribution in [0.5, 0.6) is 5.75 Å². The van der Waals surface area contributed by atoms with E-state index in [2.05, 4.69) is 4.72 Å². The summed E-state index contributed by atoms with van der Waals surface area (Å²) in [6.07, 6.45) is 3.05. The Morgan fingerprint density at radius 1 is 1.32 bits per heavy atom. The lowest BCUT2D eigenvalue weighted by Crippen LogP contribution is -2.35. The van der Waals surface area contributed by atoms with Crippen LogP contribution in [0, 0.1) is 5.92 Å². The van der Waals surface area contributed by atoms with Crippen LogP contribution in [0.2, 0.25) is 0 Å². The zero-order chi connectivity index (χ0) is 13.9. The average molecular weight is 284 g/mol. The van der Waals surface area contributed by atoms with Crippen molar-refractivity contribution < 1.29 is 13.2 Å². The molecule has 0 bridgehead atoms. The van der Waals surface area contributed by atoms with Crippen LogP contribution < -0.4 is 15.2 Å². The molecule has 0 spiro atoms. The molecule has 1 aromatic carbocycles. The van der Waals surface area contributed by atoms with Crippen molar-refractivity contribution in [1.29, 1.82) is 0 Å². The maximum Gasteiger partial charge on any atom is 0.240 e. The highest BCUT2D eigenvalue weighted by Crippen LogP contribution is 2.24. The number of nitrogens with one attached hydrogen (secondary N) is 1. The van der Waals surface area contributed by atoms with E-state index in [4.69, 9.17) is 10.5 Å². The van der Waals surface area contributed by atoms with E-state index >= 15 is 0 Å². The minimum absolute atomic E-state index is 0.110. The molecule has 1 aromatic rings. The van der Waals surface area contributed by atoms with Crippen molar-refractivity contribution in [2.75, 3.05) is 13.7 Å². The Balaban J connectivity index is 2.01. The highest BCUT2D eigenvalue weighted by molar-refractivity contribution is 7.89. The molecule has 1 aliphatic rings. The Morgan fingerprint density at radius 2 is 2.00 bits per heavy atom. The highest BCUT2D eigenvalue weighted by Gasteiger charge is 2.25. The summed E-state index contributed by atoms with van der Waals surface area (Å²) in [5.41, 5.74) is 5.93. The van der Waals surface area contributed by atoms with Gasteiger partial charge in [-0.05, 0) is 43.0 Å². The van der Waals surface area contributed by atoms with Crippen LogP contribution >= 0.6 is 0 Å². The Labute approximate surface area is 114 Å². The van der Waals surface area contributed by atoms with Gasteiger partial charge in [0.15, 0.2) is 0 Å². The zero-order valence-corrected chi connectivity index (χ0v) is 11.8. The molecule has 1 aliphatic carbocycles. The molecular weight excluding hydrogens is 264 g/mol. The van der Waals surface area contributed by atoms with Gasteiger partial charge in [-0.3, -0.25) is 0 Å². The average Bonchev–Trinajstić information content (AvgIpc) is 2.82. The van der Waals surface area contributed by atoms with E-state index in [0.717, 1.165) is 19.3 Å². The number of rotatable bonds is 5. The van der Waals surface area contributed by atoms with Crippen LogP contribution in [0.15, 0.2) is 29.2 Å². The van der Waals surface area contributed by atoms with Gasteiger partial charge in [0.2, 0.25) is 10.0 Å². The summed E-state index contributed by atoms with van der Waals surface area (Å²) in [4.78, 5) is 0.250. The predicted molar refractivity (Wildman–Crippen MR) is 73.5 cm³/mol. The van der Waals surface area contributed by atoms with Gasteiger partial charge in [-0.1, -0.05) is 6.42 Å². The molecular formula is C13H20N2O3S. The number of sulfonamides is 1. The fraction of sp³-hybridized carbons (Fsp3) is 0.538. The van der Waals surface area contributed by atoms with E-state index in [1.807, 2.05) is 0 Å². The molecule has 0 aliphatic heterocycles. The van der Waals surface area contributed by atoms with Gasteiger partial charge < -0.3 is 10.5 Å². The third-order valence-corrected chi connectivity index (χ3v) is 5.06. The molecule has 2 atom stereocenters. The van der Waals surface area contributed by atoms with Crippen molar-refractivity contribution in [3.05, 3.63) is 24.3 Å². The van der Waals surface area contributed by atoms with Crippen LogP contribution in [0.3, 0.4) is 0 Å². The van der Waals surface area contributed by atoms with E-state index in [1.54, 1.807) is 19.2 Å². The summed E-state index contributed by atoms with van der Waals surface area (Å²) in [7, 11) is -1.91. The molecule has 0 amide bonds. The van der Waals surface area contributed by atoms with Crippen LogP contribution in [0.1, 0.15) is 19.3 Å². The lowest BCUT2D eigenvalue weighted by Gasteiger charge is -2.16. The molecule has 6 heteroatoms. The SMILES string of the molecule is COc1ccc(S(=O)(=O)NCC2CCCC2N)cc1. The van der Waals surface area contributed by atoms with E-state index in [-0.39, 0.29) is 16.9 Å². The molecule has 5 nitrogen and oxygen atoms in total.